The molecule has 20 heavy (non-hydrogen) atoms. The van der Waals surface area contributed by atoms with Crippen molar-refractivity contribution in [3.8, 4) is 5.75 Å². The molecule has 0 heterocycles. The van der Waals surface area contributed by atoms with Gasteiger partial charge in [-0.15, -0.1) is 0 Å². The van der Waals surface area contributed by atoms with Gasteiger partial charge in [-0.05, 0) is 42.9 Å². The van der Waals surface area contributed by atoms with Crippen molar-refractivity contribution in [1.29, 1.82) is 0 Å². The van der Waals surface area contributed by atoms with E-state index in [0.717, 1.165) is 18.6 Å². The molecule has 2 nitrogen and oxygen atoms in total. The third-order valence-electron chi connectivity index (χ3n) is 3.84. The predicted octanol–water partition coefficient (Wildman–Crippen LogP) is 4.33. The number of carbonyl (C=O) groups excluding carboxylic acids is 1. The molecular weight excluding hydrogens is 269 g/mol. The largest absolute Gasteiger partial charge is 0.493 e. The van der Waals surface area contributed by atoms with Crippen LogP contribution in [0.2, 0.25) is 0 Å². The Labute approximate surface area is 115 Å². The van der Waals surface area contributed by atoms with Crippen LogP contribution in [0.5, 0.6) is 5.75 Å². The number of ether oxygens (including phenoxy) is 1. The minimum Gasteiger partial charge on any atom is -0.493 e. The normalized spacial score (nSPS) is 20.6. The lowest BCUT2D eigenvalue weighted by molar-refractivity contribution is -0.137. The minimum atomic E-state index is -4.46. The third kappa shape index (κ3) is 3.14. The van der Waals surface area contributed by atoms with Crippen LogP contribution in [0, 0.1) is 11.3 Å². The summed E-state index contributed by atoms with van der Waals surface area (Å²) in [4.78, 5) is 11.5. The molecule has 0 radical (unpaired) electrons. The number of rotatable bonds is 4. The number of alkyl halides is 3. The second kappa shape index (κ2) is 4.79. The highest BCUT2D eigenvalue weighted by Crippen LogP contribution is 2.51. The second-order valence-corrected chi connectivity index (χ2v) is 5.97. The molecule has 0 spiro atoms. The molecule has 2 rings (SSSR count). The first-order chi connectivity index (χ1) is 9.11. The first-order valence-corrected chi connectivity index (χ1v) is 6.46. The fourth-order valence-corrected chi connectivity index (χ4v) is 2.16. The SMILES string of the molecule is CC(=O)c1cc(C(F)(F)F)ccc1OCC1CC1(C)C. The van der Waals surface area contributed by atoms with Crippen molar-refractivity contribution in [1.82, 2.24) is 0 Å². The topological polar surface area (TPSA) is 26.3 Å². The molecule has 0 saturated heterocycles. The average molecular weight is 286 g/mol. The zero-order chi connectivity index (χ0) is 15.1. The molecule has 1 aliphatic carbocycles. The van der Waals surface area contributed by atoms with Crippen LogP contribution in [0.4, 0.5) is 13.2 Å². The molecule has 1 aromatic carbocycles. The molecule has 0 aliphatic heterocycles. The van der Waals surface area contributed by atoms with Crippen LogP contribution in [0.25, 0.3) is 0 Å². The molecule has 0 N–H and O–H groups in total. The molecule has 1 atom stereocenters. The minimum absolute atomic E-state index is 0.0155. The summed E-state index contributed by atoms with van der Waals surface area (Å²) in [7, 11) is 0. The van der Waals surface area contributed by atoms with Crippen molar-refractivity contribution in [3.63, 3.8) is 0 Å². The van der Waals surface area contributed by atoms with E-state index in [-0.39, 0.29) is 16.7 Å². The van der Waals surface area contributed by atoms with E-state index in [9.17, 15) is 18.0 Å². The standard InChI is InChI=1S/C15H17F3O2/c1-9(19)12-6-10(15(16,17)18)4-5-13(12)20-8-11-7-14(11,2)3/h4-6,11H,7-8H2,1-3H3. The number of Topliss-reactive ketones (excluding diaryl/α,β-unsaturated/α-hetero) is 1. The van der Waals surface area contributed by atoms with E-state index in [1.54, 1.807) is 0 Å². The van der Waals surface area contributed by atoms with Gasteiger partial charge >= 0.3 is 6.18 Å². The maximum absolute atomic E-state index is 12.6. The van der Waals surface area contributed by atoms with Crippen LogP contribution in [0.3, 0.4) is 0 Å². The number of carbonyl (C=O) groups is 1. The Bertz CT molecular complexity index is 532. The Morgan fingerprint density at radius 2 is 2.00 bits per heavy atom. The summed E-state index contributed by atoms with van der Waals surface area (Å²) in [6.45, 7) is 5.89. The highest BCUT2D eigenvalue weighted by Gasteiger charge is 2.46. The van der Waals surface area contributed by atoms with Gasteiger partial charge in [0, 0.05) is 0 Å². The van der Waals surface area contributed by atoms with Gasteiger partial charge in [-0.3, -0.25) is 4.79 Å². The van der Waals surface area contributed by atoms with Crippen molar-refractivity contribution >= 4 is 5.78 Å². The van der Waals surface area contributed by atoms with Gasteiger partial charge in [0.2, 0.25) is 0 Å². The number of hydrogen-bond donors (Lipinski definition) is 0. The van der Waals surface area contributed by atoms with E-state index in [1.165, 1.54) is 13.0 Å². The zero-order valence-electron chi connectivity index (χ0n) is 11.7. The van der Waals surface area contributed by atoms with E-state index >= 15 is 0 Å². The number of ketones is 1. The first kappa shape index (κ1) is 14.9. The Morgan fingerprint density at radius 1 is 1.40 bits per heavy atom. The molecule has 110 valence electrons. The van der Waals surface area contributed by atoms with Gasteiger partial charge in [0.1, 0.15) is 5.75 Å². The van der Waals surface area contributed by atoms with Gasteiger partial charge in [-0.25, -0.2) is 0 Å². The smallest absolute Gasteiger partial charge is 0.416 e. The lowest BCUT2D eigenvalue weighted by Crippen LogP contribution is -2.10. The van der Waals surface area contributed by atoms with Crippen molar-refractivity contribution < 1.29 is 22.7 Å². The summed E-state index contributed by atoms with van der Waals surface area (Å²) in [5.41, 5.74) is -0.623. The highest BCUT2D eigenvalue weighted by molar-refractivity contribution is 5.97. The monoisotopic (exact) mass is 286 g/mol. The summed E-state index contributed by atoms with van der Waals surface area (Å²) in [5, 5.41) is 0. The molecule has 0 amide bonds. The van der Waals surface area contributed by atoms with Gasteiger partial charge in [0.05, 0.1) is 17.7 Å². The van der Waals surface area contributed by atoms with Gasteiger partial charge in [0.25, 0.3) is 0 Å². The van der Waals surface area contributed by atoms with Crippen LogP contribution < -0.4 is 4.74 Å². The average Bonchev–Trinajstić information content (AvgIpc) is 2.93. The number of benzene rings is 1. The number of halogens is 3. The fourth-order valence-electron chi connectivity index (χ4n) is 2.16. The maximum Gasteiger partial charge on any atom is 0.416 e. The first-order valence-electron chi connectivity index (χ1n) is 6.46. The van der Waals surface area contributed by atoms with Gasteiger partial charge in [-0.2, -0.15) is 13.2 Å². The van der Waals surface area contributed by atoms with Crippen LogP contribution >= 0.6 is 0 Å². The third-order valence-corrected chi connectivity index (χ3v) is 3.84. The van der Waals surface area contributed by atoms with Crippen LogP contribution in [0.1, 0.15) is 43.1 Å². The molecule has 1 aliphatic rings. The fraction of sp³-hybridized carbons (Fsp3) is 0.533. The molecular formula is C15H17F3O2. The molecule has 1 saturated carbocycles. The molecule has 5 heteroatoms. The van der Waals surface area contributed by atoms with E-state index in [2.05, 4.69) is 13.8 Å². The summed E-state index contributed by atoms with van der Waals surface area (Å²) in [5.74, 6) is 0.193. The van der Waals surface area contributed by atoms with Gasteiger partial charge < -0.3 is 4.74 Å². The molecule has 1 aromatic rings. The highest BCUT2D eigenvalue weighted by atomic mass is 19.4. The van der Waals surface area contributed by atoms with E-state index in [0.29, 0.717) is 12.5 Å². The van der Waals surface area contributed by atoms with Crippen molar-refractivity contribution in [3.05, 3.63) is 29.3 Å². The Hall–Kier alpha value is -1.52. The van der Waals surface area contributed by atoms with Crippen LogP contribution in [0.15, 0.2) is 18.2 Å². The molecule has 0 bridgehead atoms. The van der Waals surface area contributed by atoms with Crippen LogP contribution in [-0.2, 0) is 6.18 Å². The summed E-state index contributed by atoms with van der Waals surface area (Å²) in [6.07, 6.45) is -3.43. The Kier molecular flexibility index (Phi) is 3.56. The summed E-state index contributed by atoms with van der Waals surface area (Å²) in [6, 6.07) is 3.03. The lowest BCUT2D eigenvalue weighted by Gasteiger charge is -2.13. The molecule has 1 fully saturated rings. The van der Waals surface area contributed by atoms with E-state index in [4.69, 9.17) is 4.74 Å². The summed E-state index contributed by atoms with van der Waals surface area (Å²) < 4.78 is 43.4. The van der Waals surface area contributed by atoms with Crippen LogP contribution in [-0.4, -0.2) is 12.4 Å². The van der Waals surface area contributed by atoms with Crippen molar-refractivity contribution in [2.75, 3.05) is 6.61 Å². The van der Waals surface area contributed by atoms with Gasteiger partial charge in [-0.1, -0.05) is 13.8 Å². The van der Waals surface area contributed by atoms with E-state index < -0.39 is 17.5 Å². The Balaban J connectivity index is 2.18. The van der Waals surface area contributed by atoms with E-state index in [1.807, 2.05) is 0 Å². The molecule has 0 aromatic heterocycles. The van der Waals surface area contributed by atoms with Gasteiger partial charge in [0.15, 0.2) is 5.78 Å². The van der Waals surface area contributed by atoms with Crippen molar-refractivity contribution in [2.24, 2.45) is 11.3 Å². The Morgan fingerprint density at radius 3 is 2.45 bits per heavy atom. The second-order valence-electron chi connectivity index (χ2n) is 5.97. The zero-order valence-corrected chi connectivity index (χ0v) is 11.7. The lowest BCUT2D eigenvalue weighted by atomic mass is 10.1. The summed E-state index contributed by atoms with van der Waals surface area (Å²) >= 11 is 0. The number of hydrogen-bond acceptors (Lipinski definition) is 2. The predicted molar refractivity (Wildman–Crippen MR) is 68.8 cm³/mol. The maximum atomic E-state index is 12.6. The quantitative estimate of drug-likeness (QED) is 0.770. The van der Waals surface area contributed by atoms with Crippen molar-refractivity contribution in [2.45, 2.75) is 33.4 Å². The molecule has 1 unspecified atom stereocenters.